The summed E-state index contributed by atoms with van der Waals surface area (Å²) in [6.07, 6.45) is 5.28. The van der Waals surface area contributed by atoms with Crippen LogP contribution in [0, 0.1) is 5.41 Å². The minimum atomic E-state index is -0.693. The van der Waals surface area contributed by atoms with Gasteiger partial charge in [0.1, 0.15) is 5.60 Å². The predicted octanol–water partition coefficient (Wildman–Crippen LogP) is 0.274. The van der Waals surface area contributed by atoms with Crippen LogP contribution in [-0.2, 0) is 4.65 Å². The van der Waals surface area contributed by atoms with Gasteiger partial charge in [0.15, 0.2) is 5.60 Å². The van der Waals surface area contributed by atoms with Crippen LogP contribution < -0.4 is 5.32 Å². The number of quaternary nitrogens is 1. The average molecular weight is 264 g/mol. The van der Waals surface area contributed by atoms with Crippen molar-refractivity contribution in [1.29, 1.82) is 5.41 Å². The molecule has 0 amide bonds. The number of rotatable bonds is 5. The van der Waals surface area contributed by atoms with Gasteiger partial charge in [-0.15, -0.1) is 0 Å². The van der Waals surface area contributed by atoms with Gasteiger partial charge in [-0.25, -0.2) is 4.99 Å². The molecule has 0 saturated carbocycles. The molecule has 5 nitrogen and oxygen atoms in total. The molecule has 0 unspecified atom stereocenters. The van der Waals surface area contributed by atoms with Gasteiger partial charge in [0.2, 0.25) is 5.82 Å². The number of nitrogens with two attached hydrogens (primary N) is 1. The number of hydrogen-bond acceptors (Lipinski definition) is 3. The standard InChI is InChI=1S/C13H21BN3O2/c1-9(15)6-11-16-7-10(8-17-11)14-19-13(4,5)12(2,3)18/h6-8,15-16,18H,1-5H3/p+2/b11-6+,15-9?. The zero-order valence-electron chi connectivity index (χ0n) is 12.2. The Kier molecular flexibility index (Phi) is 4.84. The summed E-state index contributed by atoms with van der Waals surface area (Å²) in [6, 6.07) is 0. The summed E-state index contributed by atoms with van der Waals surface area (Å²) < 4.78 is 5.70. The van der Waals surface area contributed by atoms with E-state index in [1.165, 1.54) is 0 Å². The number of aliphatic imine (C=N–C) groups is 1. The Balaban J connectivity index is 2.57. The molecule has 19 heavy (non-hydrogen) atoms. The summed E-state index contributed by atoms with van der Waals surface area (Å²) >= 11 is 0. The molecular formula is C13H23BN3O2+2. The Hall–Kier alpha value is -1.24. The highest BCUT2D eigenvalue weighted by Crippen LogP contribution is 2.24. The van der Waals surface area contributed by atoms with E-state index in [0.29, 0.717) is 5.71 Å². The summed E-state index contributed by atoms with van der Waals surface area (Å²) in [7, 11) is 1.63. The molecule has 0 saturated heterocycles. The zero-order valence-corrected chi connectivity index (χ0v) is 12.2. The molecule has 0 aromatic heterocycles. The van der Waals surface area contributed by atoms with Crippen molar-refractivity contribution in [2.45, 2.75) is 45.8 Å². The van der Waals surface area contributed by atoms with Crippen molar-refractivity contribution in [1.82, 2.24) is 0 Å². The third-order valence-electron chi connectivity index (χ3n) is 3.17. The quantitative estimate of drug-likeness (QED) is 0.417. The maximum absolute atomic E-state index is 8.02. The molecular weight excluding hydrogens is 241 g/mol. The van der Waals surface area contributed by atoms with Gasteiger partial charge in [-0.3, -0.25) is 5.32 Å². The van der Waals surface area contributed by atoms with Gasteiger partial charge in [-0.2, -0.15) is 0 Å². The van der Waals surface area contributed by atoms with E-state index < -0.39 is 11.2 Å². The Bertz CT molecular complexity index is 445. The first-order valence-corrected chi connectivity index (χ1v) is 6.24. The zero-order chi connectivity index (χ0) is 14.7. The van der Waals surface area contributed by atoms with E-state index in [-0.39, 0.29) is 0 Å². The van der Waals surface area contributed by atoms with E-state index in [2.05, 4.69) is 4.99 Å². The molecule has 0 bridgehead atoms. The first-order chi connectivity index (χ1) is 8.62. The lowest BCUT2D eigenvalue weighted by atomic mass is 9.83. The molecule has 103 valence electrons. The van der Waals surface area contributed by atoms with Crippen molar-refractivity contribution in [2.75, 3.05) is 0 Å². The van der Waals surface area contributed by atoms with E-state index >= 15 is 0 Å². The third-order valence-corrected chi connectivity index (χ3v) is 3.17. The first-order valence-electron chi connectivity index (χ1n) is 6.24. The Morgan fingerprint density at radius 2 is 2.11 bits per heavy atom. The second-order valence-electron chi connectivity index (χ2n) is 5.71. The highest BCUT2D eigenvalue weighted by Gasteiger charge is 2.40. The van der Waals surface area contributed by atoms with Crippen LogP contribution in [0.3, 0.4) is 0 Å². The molecule has 0 spiro atoms. The molecule has 6 heteroatoms. The van der Waals surface area contributed by atoms with Crippen LogP contribution in [0.5, 0.6) is 0 Å². The van der Waals surface area contributed by atoms with Crippen LogP contribution in [0.2, 0.25) is 0 Å². The van der Waals surface area contributed by atoms with Crippen LogP contribution in [-0.4, -0.2) is 35.7 Å². The maximum Gasteiger partial charge on any atom is 0.338 e. The van der Waals surface area contributed by atoms with Gasteiger partial charge in [-0.05, 0) is 20.8 Å². The maximum atomic E-state index is 8.02. The number of nitrogens with zero attached hydrogens (tertiary/aromatic N) is 1. The van der Waals surface area contributed by atoms with Crippen molar-refractivity contribution in [3.05, 3.63) is 23.6 Å². The van der Waals surface area contributed by atoms with Crippen molar-refractivity contribution in [3.8, 4) is 0 Å². The van der Waals surface area contributed by atoms with Gasteiger partial charge in [-0.1, -0.05) is 0 Å². The fourth-order valence-electron chi connectivity index (χ4n) is 1.16. The van der Waals surface area contributed by atoms with E-state index in [4.69, 9.17) is 15.2 Å². The Morgan fingerprint density at radius 3 is 2.53 bits per heavy atom. The first kappa shape index (κ1) is 15.8. The molecule has 0 aromatic carbocycles. The van der Waals surface area contributed by atoms with Crippen LogP contribution >= 0.6 is 0 Å². The summed E-state index contributed by atoms with van der Waals surface area (Å²) in [6.45, 7) is 9.15. The number of allylic oxidation sites excluding steroid dienone is 2. The Labute approximate surface area is 115 Å². The lowest BCUT2D eigenvalue weighted by Gasteiger charge is -2.33. The monoisotopic (exact) mass is 264 g/mol. The lowest BCUT2D eigenvalue weighted by molar-refractivity contribution is -0.536. The fourth-order valence-corrected chi connectivity index (χ4v) is 1.16. The van der Waals surface area contributed by atoms with Gasteiger partial charge < -0.3 is 15.2 Å². The largest absolute Gasteiger partial charge is 0.439 e. The molecule has 1 heterocycles. The van der Waals surface area contributed by atoms with Crippen molar-refractivity contribution < 1.29 is 15.1 Å². The summed E-state index contributed by atoms with van der Waals surface area (Å²) in [5, 5.41) is 17.2. The van der Waals surface area contributed by atoms with Gasteiger partial charge in [0, 0.05) is 37.3 Å². The van der Waals surface area contributed by atoms with Crippen LogP contribution in [0.15, 0.2) is 28.6 Å². The smallest absolute Gasteiger partial charge is 0.338 e. The highest BCUT2D eigenvalue weighted by atomic mass is 16.5. The van der Waals surface area contributed by atoms with Crippen LogP contribution in [0.25, 0.3) is 0 Å². The molecule has 0 aliphatic carbocycles. The predicted molar refractivity (Wildman–Crippen MR) is 78.6 cm³/mol. The van der Waals surface area contributed by atoms with E-state index in [9.17, 15) is 0 Å². The van der Waals surface area contributed by atoms with Crippen LogP contribution in [0.4, 0.5) is 0 Å². The van der Waals surface area contributed by atoms with E-state index in [0.717, 1.165) is 11.3 Å². The lowest BCUT2D eigenvalue weighted by Crippen LogP contribution is -2.76. The summed E-state index contributed by atoms with van der Waals surface area (Å²) in [5.74, 6) is 0.754. The molecule has 0 atom stereocenters. The number of nitrogens with one attached hydrogen (secondary N) is 1. The molecule has 1 radical (unpaired) electrons. The van der Waals surface area contributed by atoms with Crippen LogP contribution in [0.1, 0.15) is 34.6 Å². The second kappa shape index (κ2) is 5.82. The van der Waals surface area contributed by atoms with E-state index in [1.54, 1.807) is 26.7 Å². The molecule has 0 fully saturated rings. The Morgan fingerprint density at radius 1 is 1.47 bits per heavy atom. The van der Waals surface area contributed by atoms with E-state index in [1.807, 2.05) is 39.2 Å². The highest BCUT2D eigenvalue weighted by molar-refractivity contribution is 6.46. The average Bonchev–Trinajstić information content (AvgIpc) is 2.26. The normalized spacial score (nSPS) is 18.4. The van der Waals surface area contributed by atoms with Crippen molar-refractivity contribution >= 4 is 19.4 Å². The molecule has 1 aliphatic heterocycles. The fraction of sp³-hybridized carbons (Fsp3) is 0.538. The topological polar surface area (TPSA) is 85.0 Å². The second-order valence-corrected chi connectivity index (χ2v) is 5.71. The molecule has 5 N–H and O–H groups in total. The van der Waals surface area contributed by atoms with Gasteiger partial charge in [0.05, 0.1) is 6.20 Å². The van der Waals surface area contributed by atoms with Crippen molar-refractivity contribution in [3.63, 3.8) is 0 Å². The minimum Gasteiger partial charge on any atom is -0.439 e. The number of hydrogen-bond donors (Lipinski definition) is 2. The SMILES string of the molecule is CC(=N)/C=C1/N=CC([B]OC(C)(C)C(C)(C)[OH2+])=C[NH2+]1. The molecule has 0 aromatic rings. The van der Waals surface area contributed by atoms with Gasteiger partial charge in [0.25, 0.3) is 0 Å². The third kappa shape index (κ3) is 4.74. The molecule has 1 rings (SSSR count). The molecule has 1 aliphatic rings. The van der Waals surface area contributed by atoms with Crippen molar-refractivity contribution in [2.24, 2.45) is 4.99 Å². The summed E-state index contributed by atoms with van der Waals surface area (Å²) in [4.78, 5) is 4.23. The summed E-state index contributed by atoms with van der Waals surface area (Å²) in [5.41, 5.74) is 0.0420. The van der Waals surface area contributed by atoms with Gasteiger partial charge >= 0.3 is 7.48 Å². The minimum absolute atomic E-state index is 0.470.